The fourth-order valence-corrected chi connectivity index (χ4v) is 3.23. The molecule has 0 aliphatic heterocycles. The Hall–Kier alpha value is -4.77. The minimum absolute atomic E-state index is 0.102. The Kier molecular flexibility index (Phi) is 9.06. The minimum atomic E-state index is -0.576. The predicted octanol–water partition coefficient (Wildman–Crippen LogP) is 4.97. The summed E-state index contributed by atoms with van der Waals surface area (Å²) >= 11 is 0. The molecular formula is C28H27N3O5. The average Bonchev–Trinajstić information content (AvgIpc) is 2.88. The third-order valence-electron chi connectivity index (χ3n) is 4.99. The molecule has 8 nitrogen and oxygen atoms in total. The van der Waals surface area contributed by atoms with Gasteiger partial charge >= 0.3 is 0 Å². The van der Waals surface area contributed by atoms with Gasteiger partial charge in [0.15, 0.2) is 18.1 Å². The SMILES string of the molecule is CCOc1cc(/C=C(/C#N)C(=O)Nc2ccccc2OC)ccc1OCC(=O)Nc1ccc(C)cc1. The number of para-hydroxylation sites is 2. The number of amides is 2. The topological polar surface area (TPSA) is 110 Å². The maximum Gasteiger partial charge on any atom is 0.266 e. The summed E-state index contributed by atoms with van der Waals surface area (Å²) in [4.78, 5) is 25.0. The highest BCUT2D eigenvalue weighted by Gasteiger charge is 2.14. The van der Waals surface area contributed by atoms with Crippen LogP contribution in [0.5, 0.6) is 17.2 Å². The van der Waals surface area contributed by atoms with Gasteiger partial charge in [0, 0.05) is 5.69 Å². The van der Waals surface area contributed by atoms with Crippen molar-refractivity contribution >= 4 is 29.3 Å². The van der Waals surface area contributed by atoms with Crippen LogP contribution in [0.25, 0.3) is 6.08 Å². The fraction of sp³-hybridized carbons (Fsp3) is 0.179. The van der Waals surface area contributed by atoms with Gasteiger partial charge in [-0.05, 0) is 61.9 Å². The molecule has 0 heterocycles. The number of benzene rings is 3. The molecule has 184 valence electrons. The van der Waals surface area contributed by atoms with E-state index in [-0.39, 0.29) is 18.1 Å². The van der Waals surface area contributed by atoms with Crippen molar-refractivity contribution in [3.8, 4) is 23.3 Å². The molecule has 0 bridgehead atoms. The number of ether oxygens (including phenoxy) is 3. The number of nitrogens with zero attached hydrogens (tertiary/aromatic N) is 1. The van der Waals surface area contributed by atoms with Crippen molar-refractivity contribution in [3.63, 3.8) is 0 Å². The molecule has 0 aliphatic rings. The van der Waals surface area contributed by atoms with E-state index < -0.39 is 5.91 Å². The molecule has 2 N–H and O–H groups in total. The first-order chi connectivity index (χ1) is 17.4. The van der Waals surface area contributed by atoms with E-state index in [2.05, 4.69) is 10.6 Å². The maximum absolute atomic E-state index is 12.7. The number of hydrogen-bond acceptors (Lipinski definition) is 6. The number of nitriles is 1. The number of methoxy groups -OCH3 is 1. The molecule has 0 saturated carbocycles. The first-order valence-electron chi connectivity index (χ1n) is 11.3. The van der Waals surface area contributed by atoms with Crippen molar-refractivity contribution in [1.82, 2.24) is 0 Å². The van der Waals surface area contributed by atoms with Crippen LogP contribution in [-0.2, 0) is 9.59 Å². The van der Waals surface area contributed by atoms with Crippen LogP contribution < -0.4 is 24.8 Å². The van der Waals surface area contributed by atoms with Crippen LogP contribution in [0.1, 0.15) is 18.1 Å². The van der Waals surface area contributed by atoms with Gasteiger partial charge in [-0.25, -0.2) is 0 Å². The van der Waals surface area contributed by atoms with E-state index in [0.29, 0.717) is 40.8 Å². The summed E-state index contributed by atoms with van der Waals surface area (Å²) in [6.45, 7) is 3.93. The summed E-state index contributed by atoms with van der Waals surface area (Å²) in [5, 5.41) is 15.0. The Bertz CT molecular complexity index is 1290. The lowest BCUT2D eigenvalue weighted by atomic mass is 10.1. The van der Waals surface area contributed by atoms with E-state index in [1.54, 1.807) is 42.5 Å². The van der Waals surface area contributed by atoms with Gasteiger partial charge in [0.2, 0.25) is 0 Å². The highest BCUT2D eigenvalue weighted by Crippen LogP contribution is 2.30. The van der Waals surface area contributed by atoms with Crippen molar-refractivity contribution in [1.29, 1.82) is 5.26 Å². The molecular weight excluding hydrogens is 458 g/mol. The largest absolute Gasteiger partial charge is 0.495 e. The minimum Gasteiger partial charge on any atom is -0.495 e. The number of carbonyl (C=O) groups excluding carboxylic acids is 2. The fourth-order valence-electron chi connectivity index (χ4n) is 3.23. The first-order valence-corrected chi connectivity index (χ1v) is 11.3. The second-order valence-electron chi connectivity index (χ2n) is 7.67. The number of anilines is 2. The number of nitrogens with one attached hydrogen (secondary N) is 2. The summed E-state index contributed by atoms with van der Waals surface area (Å²) in [7, 11) is 1.50. The molecule has 0 unspecified atom stereocenters. The van der Waals surface area contributed by atoms with Crippen LogP contribution in [0.15, 0.2) is 72.3 Å². The third-order valence-corrected chi connectivity index (χ3v) is 4.99. The van der Waals surface area contributed by atoms with Crippen molar-refractivity contribution in [2.45, 2.75) is 13.8 Å². The van der Waals surface area contributed by atoms with Gasteiger partial charge in [0.25, 0.3) is 11.8 Å². The molecule has 0 aromatic heterocycles. The summed E-state index contributed by atoms with van der Waals surface area (Å²) < 4.78 is 16.6. The maximum atomic E-state index is 12.7. The van der Waals surface area contributed by atoms with E-state index >= 15 is 0 Å². The summed E-state index contributed by atoms with van der Waals surface area (Å²) in [6, 6.07) is 21.2. The molecule has 2 amide bonds. The van der Waals surface area contributed by atoms with Crippen molar-refractivity contribution in [2.24, 2.45) is 0 Å². The second-order valence-corrected chi connectivity index (χ2v) is 7.67. The summed E-state index contributed by atoms with van der Waals surface area (Å²) in [5.74, 6) is 0.342. The Morgan fingerprint density at radius 2 is 1.69 bits per heavy atom. The van der Waals surface area contributed by atoms with Gasteiger partial charge in [-0.3, -0.25) is 9.59 Å². The molecule has 8 heteroatoms. The molecule has 0 saturated heterocycles. The molecule has 0 spiro atoms. The first kappa shape index (κ1) is 25.8. The van der Waals surface area contributed by atoms with Crippen molar-refractivity contribution < 1.29 is 23.8 Å². The van der Waals surface area contributed by atoms with Crippen molar-refractivity contribution in [3.05, 3.63) is 83.4 Å². The van der Waals surface area contributed by atoms with Crippen LogP contribution in [0.2, 0.25) is 0 Å². The molecule has 0 fully saturated rings. The Morgan fingerprint density at radius 1 is 0.944 bits per heavy atom. The summed E-state index contributed by atoms with van der Waals surface area (Å²) in [6.07, 6.45) is 1.45. The van der Waals surface area contributed by atoms with Crippen LogP contribution in [0.4, 0.5) is 11.4 Å². The third kappa shape index (κ3) is 7.11. The van der Waals surface area contributed by atoms with E-state index in [1.807, 2.05) is 44.2 Å². The lowest BCUT2D eigenvalue weighted by molar-refractivity contribution is -0.118. The van der Waals surface area contributed by atoms with Gasteiger partial charge in [-0.15, -0.1) is 0 Å². The van der Waals surface area contributed by atoms with E-state index in [9.17, 15) is 14.9 Å². The number of hydrogen-bond donors (Lipinski definition) is 2. The number of aryl methyl sites for hydroxylation is 1. The Balaban J connectivity index is 1.72. The zero-order chi connectivity index (χ0) is 25.9. The number of rotatable bonds is 10. The quantitative estimate of drug-likeness (QED) is 0.310. The second kappa shape index (κ2) is 12.6. The smallest absolute Gasteiger partial charge is 0.266 e. The Morgan fingerprint density at radius 3 is 2.39 bits per heavy atom. The monoisotopic (exact) mass is 485 g/mol. The standard InChI is InChI=1S/C28H27N3O5/c1-4-35-26-16-20(15-21(17-29)28(33)31-23-7-5-6-8-24(23)34-3)11-14-25(26)36-18-27(32)30-22-12-9-19(2)10-13-22/h5-16H,4,18H2,1-3H3,(H,30,32)(H,31,33)/b21-15-. The van der Waals surface area contributed by atoms with Crippen LogP contribution in [0.3, 0.4) is 0 Å². The highest BCUT2D eigenvalue weighted by molar-refractivity contribution is 6.10. The van der Waals surface area contributed by atoms with Gasteiger partial charge < -0.3 is 24.8 Å². The van der Waals surface area contributed by atoms with Gasteiger partial charge in [-0.1, -0.05) is 35.9 Å². The van der Waals surface area contributed by atoms with Gasteiger partial charge in [0.1, 0.15) is 17.4 Å². The lowest BCUT2D eigenvalue weighted by Crippen LogP contribution is -2.20. The van der Waals surface area contributed by atoms with E-state index in [4.69, 9.17) is 14.2 Å². The van der Waals surface area contributed by atoms with Crippen LogP contribution >= 0.6 is 0 Å². The molecule has 36 heavy (non-hydrogen) atoms. The molecule has 0 aliphatic carbocycles. The Labute approximate surface area is 210 Å². The molecule has 0 atom stereocenters. The predicted molar refractivity (Wildman–Crippen MR) is 138 cm³/mol. The van der Waals surface area contributed by atoms with Crippen molar-refractivity contribution in [2.75, 3.05) is 31.0 Å². The van der Waals surface area contributed by atoms with E-state index in [1.165, 1.54) is 13.2 Å². The molecule has 3 aromatic carbocycles. The summed E-state index contributed by atoms with van der Waals surface area (Å²) in [5.41, 5.74) is 2.68. The molecule has 3 aromatic rings. The van der Waals surface area contributed by atoms with E-state index in [0.717, 1.165) is 5.56 Å². The molecule has 0 radical (unpaired) electrons. The number of carbonyl (C=O) groups is 2. The zero-order valence-corrected chi connectivity index (χ0v) is 20.3. The zero-order valence-electron chi connectivity index (χ0n) is 20.3. The van der Waals surface area contributed by atoms with Crippen LogP contribution in [-0.4, -0.2) is 32.1 Å². The normalized spacial score (nSPS) is 10.7. The van der Waals surface area contributed by atoms with Gasteiger partial charge in [-0.2, -0.15) is 5.26 Å². The lowest BCUT2D eigenvalue weighted by Gasteiger charge is -2.13. The molecule has 3 rings (SSSR count). The van der Waals surface area contributed by atoms with Gasteiger partial charge in [0.05, 0.1) is 19.4 Å². The van der Waals surface area contributed by atoms with Crippen LogP contribution in [0, 0.1) is 18.3 Å². The highest BCUT2D eigenvalue weighted by atomic mass is 16.5. The average molecular weight is 486 g/mol.